The van der Waals surface area contributed by atoms with Gasteiger partial charge in [0.2, 0.25) is 0 Å². The molecule has 0 nitrogen and oxygen atoms in total. The highest BCUT2D eigenvalue weighted by molar-refractivity contribution is 6.77. The van der Waals surface area contributed by atoms with Crippen molar-refractivity contribution in [2.24, 2.45) is 0 Å². The van der Waals surface area contributed by atoms with Crippen LogP contribution in [0.1, 0.15) is 18.1 Å². The minimum Gasteiger partial charge on any atom is -0.0693 e. The van der Waals surface area contributed by atoms with Gasteiger partial charge >= 0.3 is 0 Å². The Bertz CT molecular complexity index is 361. The van der Waals surface area contributed by atoms with Crippen LogP contribution in [0.2, 0.25) is 13.1 Å². The lowest BCUT2D eigenvalue weighted by Gasteiger charge is -2.08. The van der Waals surface area contributed by atoms with E-state index in [-0.39, 0.29) is 8.80 Å². The Balaban J connectivity index is 2.53. The maximum Gasteiger partial charge on any atom is 0.0799 e. The monoisotopic (exact) mass is 187 g/mol. The van der Waals surface area contributed by atoms with Gasteiger partial charge in [0.1, 0.15) is 0 Å². The van der Waals surface area contributed by atoms with E-state index in [0.29, 0.717) is 0 Å². The molecule has 0 fully saturated rings. The number of fused-ring (bicyclic) bond motifs is 1. The SMILES string of the molecule is CC1=C([Si](C)C)c2ccccc2C1. The third-order valence-electron chi connectivity index (χ3n) is 2.67. The highest BCUT2D eigenvalue weighted by Gasteiger charge is 2.20. The third-order valence-corrected chi connectivity index (χ3v) is 4.37. The third kappa shape index (κ3) is 1.37. The summed E-state index contributed by atoms with van der Waals surface area (Å²) in [5.41, 5.74) is 4.65. The fraction of sp³-hybridized carbons (Fsp3) is 0.333. The maximum absolute atomic E-state index is 2.38. The van der Waals surface area contributed by atoms with E-state index in [1.54, 1.807) is 10.8 Å². The summed E-state index contributed by atoms with van der Waals surface area (Å²) in [6, 6.07) is 8.84. The minimum atomic E-state index is -0.293. The van der Waals surface area contributed by atoms with Gasteiger partial charge in [-0.2, -0.15) is 0 Å². The molecule has 67 valence electrons. The molecule has 0 unspecified atom stereocenters. The van der Waals surface area contributed by atoms with E-state index in [2.05, 4.69) is 44.3 Å². The molecule has 13 heavy (non-hydrogen) atoms. The first kappa shape index (κ1) is 8.76. The molecule has 0 saturated heterocycles. The molecule has 0 bridgehead atoms. The summed E-state index contributed by atoms with van der Waals surface area (Å²) in [7, 11) is -0.293. The Morgan fingerprint density at radius 1 is 1.15 bits per heavy atom. The zero-order valence-electron chi connectivity index (χ0n) is 8.52. The number of rotatable bonds is 1. The fourth-order valence-corrected chi connectivity index (χ4v) is 3.94. The van der Waals surface area contributed by atoms with Gasteiger partial charge in [-0.05, 0) is 24.5 Å². The average molecular weight is 187 g/mol. The number of allylic oxidation sites excluding steroid dienone is 1. The Labute approximate surface area is 81.9 Å². The Morgan fingerprint density at radius 3 is 2.54 bits per heavy atom. The molecule has 1 heteroatoms. The first-order valence-electron chi connectivity index (χ1n) is 4.78. The molecule has 0 amide bonds. The molecular weight excluding hydrogens is 172 g/mol. The van der Waals surface area contributed by atoms with Crippen LogP contribution in [0, 0.1) is 0 Å². The second-order valence-corrected chi connectivity index (χ2v) is 6.49. The van der Waals surface area contributed by atoms with E-state index in [9.17, 15) is 0 Å². The predicted molar refractivity (Wildman–Crippen MR) is 60.2 cm³/mol. The first-order valence-corrected chi connectivity index (χ1v) is 7.28. The van der Waals surface area contributed by atoms with Gasteiger partial charge in [0, 0.05) is 0 Å². The van der Waals surface area contributed by atoms with Gasteiger partial charge in [-0.25, -0.2) is 0 Å². The lowest BCUT2D eigenvalue weighted by Crippen LogP contribution is -2.04. The van der Waals surface area contributed by atoms with Gasteiger partial charge in [0.25, 0.3) is 0 Å². The van der Waals surface area contributed by atoms with Crippen LogP contribution >= 0.6 is 0 Å². The van der Waals surface area contributed by atoms with E-state index < -0.39 is 0 Å². The summed E-state index contributed by atoms with van der Waals surface area (Å²) in [4.78, 5) is 0. The summed E-state index contributed by atoms with van der Waals surface area (Å²) in [6.07, 6.45) is 1.18. The van der Waals surface area contributed by atoms with E-state index in [1.165, 1.54) is 17.5 Å². The molecule has 2 rings (SSSR count). The van der Waals surface area contributed by atoms with Crippen LogP contribution in [0.25, 0.3) is 5.20 Å². The highest BCUT2D eigenvalue weighted by atomic mass is 28.3. The summed E-state index contributed by atoms with van der Waals surface area (Å²) >= 11 is 0. The second-order valence-electron chi connectivity index (χ2n) is 3.99. The standard InChI is InChI=1S/C12H15Si/c1-9-8-10-6-4-5-7-11(10)12(9)13(2)3/h4-7H,8H2,1-3H3. The van der Waals surface area contributed by atoms with Crippen molar-refractivity contribution in [2.75, 3.05) is 0 Å². The first-order chi connectivity index (χ1) is 6.20. The molecule has 0 heterocycles. The van der Waals surface area contributed by atoms with Gasteiger partial charge in [0.15, 0.2) is 0 Å². The zero-order chi connectivity index (χ0) is 9.42. The van der Waals surface area contributed by atoms with Gasteiger partial charge < -0.3 is 0 Å². The van der Waals surface area contributed by atoms with E-state index in [4.69, 9.17) is 0 Å². The largest absolute Gasteiger partial charge is 0.0799 e. The minimum absolute atomic E-state index is 0.293. The summed E-state index contributed by atoms with van der Waals surface area (Å²) in [5, 5.41) is 1.67. The van der Waals surface area contributed by atoms with Gasteiger partial charge in [-0.3, -0.25) is 0 Å². The molecule has 0 aromatic heterocycles. The molecule has 0 aliphatic heterocycles. The molecule has 1 aliphatic rings. The lowest BCUT2D eigenvalue weighted by atomic mass is 10.1. The molecule has 1 radical (unpaired) electrons. The smallest absolute Gasteiger partial charge is 0.0693 e. The van der Waals surface area contributed by atoms with E-state index >= 15 is 0 Å². The van der Waals surface area contributed by atoms with Crippen LogP contribution in [0.4, 0.5) is 0 Å². The Morgan fingerprint density at radius 2 is 1.85 bits per heavy atom. The van der Waals surface area contributed by atoms with Crippen molar-refractivity contribution in [1.29, 1.82) is 0 Å². The van der Waals surface area contributed by atoms with Gasteiger partial charge in [-0.15, -0.1) is 0 Å². The Hall–Kier alpha value is -0.823. The number of hydrogen-bond donors (Lipinski definition) is 0. The van der Waals surface area contributed by atoms with Gasteiger partial charge in [-0.1, -0.05) is 48.1 Å². The van der Waals surface area contributed by atoms with Crippen LogP contribution in [0.5, 0.6) is 0 Å². The van der Waals surface area contributed by atoms with Crippen LogP contribution in [-0.4, -0.2) is 8.80 Å². The molecule has 0 N–H and O–H groups in total. The lowest BCUT2D eigenvalue weighted by molar-refractivity contribution is 1.19. The zero-order valence-corrected chi connectivity index (χ0v) is 9.52. The van der Waals surface area contributed by atoms with Crippen LogP contribution in [-0.2, 0) is 6.42 Å². The van der Waals surface area contributed by atoms with Crippen molar-refractivity contribution in [3.8, 4) is 0 Å². The summed E-state index contributed by atoms with van der Waals surface area (Å²) in [5.74, 6) is 0. The molecular formula is C12H15Si. The molecule has 0 spiro atoms. The quantitative estimate of drug-likeness (QED) is 0.592. The van der Waals surface area contributed by atoms with Crippen molar-refractivity contribution in [3.63, 3.8) is 0 Å². The van der Waals surface area contributed by atoms with Crippen LogP contribution in [0.3, 0.4) is 0 Å². The fourth-order valence-electron chi connectivity index (χ4n) is 2.22. The highest BCUT2D eigenvalue weighted by Crippen LogP contribution is 2.33. The van der Waals surface area contributed by atoms with Crippen molar-refractivity contribution < 1.29 is 0 Å². The molecule has 1 aromatic carbocycles. The summed E-state index contributed by atoms with van der Waals surface area (Å²) in [6.45, 7) is 7.05. The van der Waals surface area contributed by atoms with Gasteiger partial charge in [0.05, 0.1) is 8.80 Å². The van der Waals surface area contributed by atoms with E-state index in [0.717, 1.165) is 0 Å². The van der Waals surface area contributed by atoms with Crippen molar-refractivity contribution >= 4 is 14.0 Å². The second kappa shape index (κ2) is 3.15. The number of benzene rings is 1. The average Bonchev–Trinajstić information content (AvgIpc) is 2.39. The molecule has 0 atom stereocenters. The van der Waals surface area contributed by atoms with Crippen molar-refractivity contribution in [1.82, 2.24) is 0 Å². The molecule has 1 aromatic rings. The van der Waals surface area contributed by atoms with Crippen molar-refractivity contribution in [3.05, 3.63) is 41.0 Å². The normalized spacial score (nSPS) is 15.4. The maximum atomic E-state index is 2.38. The number of hydrogen-bond acceptors (Lipinski definition) is 0. The molecule has 0 saturated carbocycles. The predicted octanol–water partition coefficient (Wildman–Crippen LogP) is 3.31. The van der Waals surface area contributed by atoms with Crippen LogP contribution in [0.15, 0.2) is 29.8 Å². The van der Waals surface area contributed by atoms with Crippen molar-refractivity contribution in [2.45, 2.75) is 26.4 Å². The van der Waals surface area contributed by atoms with E-state index in [1.807, 2.05) is 0 Å². The topological polar surface area (TPSA) is 0 Å². The Kier molecular flexibility index (Phi) is 2.12. The van der Waals surface area contributed by atoms with Crippen LogP contribution < -0.4 is 0 Å². The molecule has 1 aliphatic carbocycles. The summed E-state index contributed by atoms with van der Waals surface area (Å²) < 4.78 is 0.